The third-order valence-corrected chi connectivity index (χ3v) is 6.13. The van der Waals surface area contributed by atoms with Crippen LogP contribution in [0.25, 0.3) is 10.9 Å². The molecular weight excluding hydrogens is 512 g/mol. The summed E-state index contributed by atoms with van der Waals surface area (Å²) in [6.07, 6.45) is 1.55. The van der Waals surface area contributed by atoms with Crippen molar-refractivity contribution in [1.29, 1.82) is 0 Å². The number of rotatable bonds is 9. The second-order valence-corrected chi connectivity index (χ2v) is 9.35. The summed E-state index contributed by atoms with van der Waals surface area (Å²) in [5, 5.41) is 5.01. The molecule has 0 N–H and O–H groups in total. The quantitative estimate of drug-likeness (QED) is 0.281. The summed E-state index contributed by atoms with van der Waals surface area (Å²) in [4.78, 5) is 32.2. The Morgan fingerprint density at radius 2 is 1.94 bits per heavy atom. The van der Waals surface area contributed by atoms with E-state index in [1.807, 2.05) is 63.2 Å². The van der Waals surface area contributed by atoms with Crippen LogP contribution in [-0.2, 0) is 9.53 Å². The van der Waals surface area contributed by atoms with Crippen LogP contribution in [0, 0.1) is 0 Å². The summed E-state index contributed by atoms with van der Waals surface area (Å²) in [6, 6.07) is 11.0. The predicted molar refractivity (Wildman–Crippen MR) is 143 cm³/mol. The van der Waals surface area contributed by atoms with Crippen molar-refractivity contribution >= 4 is 44.7 Å². The molecule has 9 heteroatoms. The van der Waals surface area contributed by atoms with E-state index in [4.69, 9.17) is 14.5 Å². The van der Waals surface area contributed by atoms with Gasteiger partial charge < -0.3 is 14.4 Å². The Balaban J connectivity index is 2.11. The van der Waals surface area contributed by atoms with Gasteiger partial charge in [0.2, 0.25) is 0 Å². The summed E-state index contributed by atoms with van der Waals surface area (Å²) in [5.41, 5.74) is 1.88. The van der Waals surface area contributed by atoms with Gasteiger partial charge in [-0.1, -0.05) is 29.8 Å². The molecule has 0 saturated carbocycles. The zero-order valence-corrected chi connectivity index (χ0v) is 22.5. The number of carbonyl (C=O) groups excluding carboxylic acids is 1. The van der Waals surface area contributed by atoms with E-state index in [0.29, 0.717) is 28.0 Å². The lowest BCUT2D eigenvalue weighted by Crippen LogP contribution is -2.26. The van der Waals surface area contributed by atoms with Gasteiger partial charge >= 0.3 is 5.97 Å². The zero-order valence-electron chi connectivity index (χ0n) is 20.9. The molecule has 2 atom stereocenters. The SMILES string of the molecule is CCOC(=O)[C@@H](C)Oc1cc(N(C)C)ccc1C=Nn1c([C@H](C)CC)nc2ccc(Br)cc2c1=O. The van der Waals surface area contributed by atoms with Crippen molar-refractivity contribution in [2.45, 2.75) is 46.1 Å². The van der Waals surface area contributed by atoms with Crippen LogP contribution in [0.3, 0.4) is 0 Å². The monoisotopic (exact) mass is 542 g/mol. The second-order valence-electron chi connectivity index (χ2n) is 8.43. The molecule has 3 aromatic rings. The summed E-state index contributed by atoms with van der Waals surface area (Å²) >= 11 is 3.43. The Morgan fingerprint density at radius 3 is 2.60 bits per heavy atom. The maximum absolute atomic E-state index is 13.4. The molecule has 1 heterocycles. The van der Waals surface area contributed by atoms with Crippen molar-refractivity contribution in [2.24, 2.45) is 5.10 Å². The molecule has 3 rings (SSSR count). The van der Waals surface area contributed by atoms with Gasteiger partial charge in [0.15, 0.2) is 6.10 Å². The van der Waals surface area contributed by atoms with Gasteiger partial charge in [0.1, 0.15) is 11.6 Å². The number of hydrogen-bond acceptors (Lipinski definition) is 7. The molecule has 186 valence electrons. The van der Waals surface area contributed by atoms with E-state index in [2.05, 4.69) is 21.0 Å². The van der Waals surface area contributed by atoms with E-state index in [0.717, 1.165) is 16.6 Å². The molecule has 0 spiro atoms. The molecule has 0 amide bonds. The van der Waals surface area contributed by atoms with E-state index < -0.39 is 12.1 Å². The first-order valence-electron chi connectivity index (χ1n) is 11.6. The third kappa shape index (κ3) is 6.08. The highest BCUT2D eigenvalue weighted by Crippen LogP contribution is 2.26. The van der Waals surface area contributed by atoms with E-state index in [-0.39, 0.29) is 18.1 Å². The van der Waals surface area contributed by atoms with E-state index >= 15 is 0 Å². The first-order chi connectivity index (χ1) is 16.7. The number of hydrogen-bond donors (Lipinski definition) is 0. The Hall–Kier alpha value is -3.20. The zero-order chi connectivity index (χ0) is 25.7. The Labute approximate surface area is 213 Å². The van der Waals surface area contributed by atoms with Crippen molar-refractivity contribution < 1.29 is 14.3 Å². The number of nitrogens with zero attached hydrogens (tertiary/aromatic N) is 4. The van der Waals surface area contributed by atoms with Crippen molar-refractivity contribution in [3.63, 3.8) is 0 Å². The highest BCUT2D eigenvalue weighted by atomic mass is 79.9. The van der Waals surface area contributed by atoms with Gasteiger partial charge in [-0.25, -0.2) is 9.78 Å². The molecule has 0 bridgehead atoms. The Morgan fingerprint density at radius 1 is 1.20 bits per heavy atom. The smallest absolute Gasteiger partial charge is 0.347 e. The lowest BCUT2D eigenvalue weighted by atomic mass is 10.1. The standard InChI is InChI=1S/C26H31BrN4O4/c1-7-16(3)24-29-22-12-10-19(27)13-21(22)25(32)31(24)28-15-18-9-11-20(30(5)6)14-23(18)35-17(4)26(33)34-8-2/h9-17H,7-8H2,1-6H3/t16-,17-/m1/s1. The summed E-state index contributed by atoms with van der Waals surface area (Å²) < 4.78 is 13.2. The van der Waals surface area contributed by atoms with Gasteiger partial charge in [-0.2, -0.15) is 9.78 Å². The molecule has 8 nitrogen and oxygen atoms in total. The molecule has 0 radical (unpaired) electrons. The van der Waals surface area contributed by atoms with E-state index in [1.54, 1.807) is 26.1 Å². The highest BCUT2D eigenvalue weighted by molar-refractivity contribution is 9.10. The molecule has 1 aromatic heterocycles. The number of halogens is 1. The molecule has 0 unspecified atom stereocenters. The number of ether oxygens (including phenoxy) is 2. The van der Waals surface area contributed by atoms with Crippen LogP contribution in [0.15, 0.2) is 50.8 Å². The van der Waals surface area contributed by atoms with Crippen LogP contribution in [-0.4, -0.2) is 48.7 Å². The number of anilines is 1. The van der Waals surface area contributed by atoms with Crippen molar-refractivity contribution in [3.8, 4) is 5.75 Å². The van der Waals surface area contributed by atoms with E-state index in [9.17, 15) is 9.59 Å². The average molecular weight is 543 g/mol. The maximum atomic E-state index is 13.4. The molecule has 0 aliphatic carbocycles. The molecule has 0 fully saturated rings. The van der Waals surface area contributed by atoms with Crippen molar-refractivity contribution in [3.05, 3.63) is 62.6 Å². The highest BCUT2D eigenvalue weighted by Gasteiger charge is 2.19. The Bertz CT molecular complexity index is 1300. The average Bonchev–Trinajstić information content (AvgIpc) is 2.83. The molecule has 0 aliphatic heterocycles. The topological polar surface area (TPSA) is 86.0 Å². The van der Waals surface area contributed by atoms with Gasteiger partial charge in [-0.05, 0) is 50.6 Å². The fraction of sp³-hybridized carbons (Fsp3) is 0.385. The van der Waals surface area contributed by atoms with Crippen LogP contribution in [0.4, 0.5) is 5.69 Å². The van der Waals surface area contributed by atoms with Crippen LogP contribution in [0.5, 0.6) is 5.75 Å². The number of carbonyl (C=O) groups is 1. The van der Waals surface area contributed by atoms with Crippen molar-refractivity contribution in [2.75, 3.05) is 25.6 Å². The minimum atomic E-state index is -0.808. The molecule has 0 saturated heterocycles. The number of benzene rings is 2. The minimum Gasteiger partial charge on any atom is -0.478 e. The first kappa shape index (κ1) is 26.4. The van der Waals surface area contributed by atoms with E-state index in [1.165, 1.54) is 4.68 Å². The second kappa shape index (κ2) is 11.5. The fourth-order valence-electron chi connectivity index (χ4n) is 3.41. The summed E-state index contributed by atoms with van der Waals surface area (Å²) in [7, 11) is 3.83. The van der Waals surface area contributed by atoms with Crippen LogP contribution in [0.2, 0.25) is 0 Å². The predicted octanol–water partition coefficient (Wildman–Crippen LogP) is 4.95. The maximum Gasteiger partial charge on any atom is 0.347 e. The number of aromatic nitrogens is 2. The first-order valence-corrected chi connectivity index (χ1v) is 12.4. The summed E-state index contributed by atoms with van der Waals surface area (Å²) in [5.74, 6) is 0.597. The van der Waals surface area contributed by atoms with Gasteiger partial charge in [-0.15, -0.1) is 0 Å². The van der Waals surface area contributed by atoms with Crippen LogP contribution >= 0.6 is 15.9 Å². The molecule has 35 heavy (non-hydrogen) atoms. The largest absolute Gasteiger partial charge is 0.478 e. The van der Waals surface area contributed by atoms with Crippen LogP contribution < -0.4 is 15.2 Å². The Kier molecular flexibility index (Phi) is 8.67. The minimum absolute atomic E-state index is 0.0172. The number of fused-ring (bicyclic) bond motifs is 1. The van der Waals surface area contributed by atoms with Crippen LogP contribution in [0.1, 0.15) is 51.4 Å². The van der Waals surface area contributed by atoms with Gasteiger partial charge in [0, 0.05) is 41.8 Å². The third-order valence-electron chi connectivity index (χ3n) is 5.63. The molecular formula is C26H31BrN4O4. The van der Waals surface area contributed by atoms with Gasteiger partial charge in [0.05, 0.1) is 23.7 Å². The van der Waals surface area contributed by atoms with Gasteiger partial charge in [-0.3, -0.25) is 4.79 Å². The molecule has 0 aliphatic rings. The lowest BCUT2D eigenvalue weighted by molar-refractivity contribution is -0.150. The normalized spacial score (nSPS) is 13.1. The lowest BCUT2D eigenvalue weighted by Gasteiger charge is -2.19. The molecule has 2 aromatic carbocycles. The van der Waals surface area contributed by atoms with Gasteiger partial charge in [0.25, 0.3) is 5.56 Å². The fourth-order valence-corrected chi connectivity index (χ4v) is 3.77. The van der Waals surface area contributed by atoms with Crippen molar-refractivity contribution in [1.82, 2.24) is 9.66 Å². The summed E-state index contributed by atoms with van der Waals surface area (Å²) in [6.45, 7) is 7.71. The number of esters is 1.